The van der Waals surface area contributed by atoms with Gasteiger partial charge in [0.15, 0.2) is 12.4 Å². The van der Waals surface area contributed by atoms with Crippen LogP contribution < -0.4 is 4.74 Å². The molecule has 0 aliphatic heterocycles. The molecule has 0 bridgehead atoms. The van der Waals surface area contributed by atoms with Crippen LogP contribution in [0.3, 0.4) is 0 Å². The van der Waals surface area contributed by atoms with Gasteiger partial charge in [0.1, 0.15) is 10.9 Å². The van der Waals surface area contributed by atoms with Gasteiger partial charge in [-0.15, -0.1) is 0 Å². The Hall–Kier alpha value is -2.89. The number of likely N-dealkylation sites (N-methyl/N-ethyl adjacent to an activating group) is 1. The number of pyridine rings is 1. The Morgan fingerprint density at radius 1 is 0.931 bits per heavy atom. The van der Waals surface area contributed by atoms with Crippen LogP contribution in [0.15, 0.2) is 66.9 Å². The second-order valence-corrected chi connectivity index (χ2v) is 7.21. The number of ketones is 1. The topological polar surface area (TPSA) is 59.5 Å². The van der Waals surface area contributed by atoms with E-state index < -0.39 is 0 Å². The number of hydrogen-bond donors (Lipinski definition) is 0. The minimum atomic E-state index is -0.179. The summed E-state index contributed by atoms with van der Waals surface area (Å²) in [6.07, 6.45) is 1.63. The smallest absolute Gasteiger partial charge is 0.260 e. The summed E-state index contributed by atoms with van der Waals surface area (Å²) in [6.45, 7) is 0.295. The third kappa shape index (κ3) is 5.79. The quantitative estimate of drug-likeness (QED) is 0.405. The van der Waals surface area contributed by atoms with Crippen molar-refractivity contribution in [1.29, 1.82) is 0 Å². The van der Waals surface area contributed by atoms with E-state index in [1.807, 2.05) is 6.07 Å². The van der Waals surface area contributed by atoms with E-state index in [0.717, 1.165) is 5.56 Å². The summed E-state index contributed by atoms with van der Waals surface area (Å²) in [5, 5.41) is 0.983. The number of amides is 1. The lowest BCUT2D eigenvalue weighted by atomic mass is 10.0. The highest BCUT2D eigenvalue weighted by Gasteiger charge is 2.12. The van der Waals surface area contributed by atoms with Crippen LogP contribution in [0.4, 0.5) is 0 Å². The largest absolute Gasteiger partial charge is 0.484 e. The molecule has 2 aromatic carbocycles. The Labute approximate surface area is 178 Å². The summed E-state index contributed by atoms with van der Waals surface area (Å²) in [5.74, 6) is 0.217. The molecule has 0 unspecified atom stereocenters. The van der Waals surface area contributed by atoms with Gasteiger partial charge in [-0.3, -0.25) is 9.59 Å². The predicted molar refractivity (Wildman–Crippen MR) is 113 cm³/mol. The minimum absolute atomic E-state index is 0.109. The van der Waals surface area contributed by atoms with E-state index in [0.29, 0.717) is 33.6 Å². The third-order valence-corrected chi connectivity index (χ3v) is 4.69. The number of nitrogens with zero attached hydrogens (tertiary/aromatic N) is 2. The van der Waals surface area contributed by atoms with Crippen LogP contribution in [-0.4, -0.2) is 35.2 Å². The standard InChI is InChI=1S/C22H18Cl2N2O3/c1-26(13-15-2-11-20(24)25-12-15)21(27)14-29-19-9-5-17(6-10-19)22(28)16-3-7-18(23)8-4-16/h2-12H,13-14H2,1H3. The molecule has 29 heavy (non-hydrogen) atoms. The van der Waals surface area contributed by atoms with Gasteiger partial charge in [-0.2, -0.15) is 0 Å². The summed E-state index contributed by atoms with van der Waals surface area (Å²) in [7, 11) is 1.69. The van der Waals surface area contributed by atoms with Crippen LogP contribution in [-0.2, 0) is 11.3 Å². The molecule has 148 valence electrons. The van der Waals surface area contributed by atoms with Crippen LogP contribution >= 0.6 is 23.2 Å². The Morgan fingerprint density at radius 2 is 1.55 bits per heavy atom. The SMILES string of the molecule is CN(Cc1ccc(Cl)nc1)C(=O)COc1ccc(C(=O)c2ccc(Cl)cc2)cc1. The van der Waals surface area contributed by atoms with Crippen molar-refractivity contribution in [2.75, 3.05) is 13.7 Å². The van der Waals surface area contributed by atoms with E-state index in [1.165, 1.54) is 0 Å². The van der Waals surface area contributed by atoms with Crippen molar-refractivity contribution in [3.05, 3.63) is 93.7 Å². The Kier molecular flexibility index (Phi) is 6.86. The molecule has 0 atom stereocenters. The summed E-state index contributed by atoms with van der Waals surface area (Å²) in [4.78, 5) is 30.3. The van der Waals surface area contributed by atoms with Gasteiger partial charge < -0.3 is 9.64 Å². The Balaban J connectivity index is 1.54. The summed E-state index contributed by atoms with van der Waals surface area (Å²) in [5.41, 5.74) is 1.95. The summed E-state index contributed by atoms with van der Waals surface area (Å²) >= 11 is 11.6. The number of hydrogen-bond acceptors (Lipinski definition) is 4. The van der Waals surface area contributed by atoms with E-state index >= 15 is 0 Å². The molecule has 5 nitrogen and oxygen atoms in total. The zero-order chi connectivity index (χ0) is 20.8. The van der Waals surface area contributed by atoms with Crippen LogP contribution in [0.5, 0.6) is 5.75 Å². The van der Waals surface area contributed by atoms with Crippen LogP contribution in [0.1, 0.15) is 21.5 Å². The van der Waals surface area contributed by atoms with E-state index in [-0.39, 0.29) is 18.3 Å². The fourth-order valence-electron chi connectivity index (χ4n) is 2.59. The molecule has 0 aliphatic carbocycles. The number of benzene rings is 2. The maximum atomic E-state index is 12.5. The number of carbonyl (C=O) groups excluding carboxylic acids is 2. The molecular weight excluding hydrogens is 411 g/mol. The molecule has 0 aliphatic rings. The number of aromatic nitrogens is 1. The molecule has 3 aromatic rings. The zero-order valence-corrected chi connectivity index (χ0v) is 17.2. The van der Waals surface area contributed by atoms with Crippen LogP contribution in [0.2, 0.25) is 10.2 Å². The molecule has 3 rings (SSSR count). The molecule has 0 radical (unpaired) electrons. The van der Waals surface area contributed by atoms with Crippen molar-refractivity contribution >= 4 is 34.9 Å². The molecule has 0 fully saturated rings. The molecule has 1 aromatic heterocycles. The Bertz CT molecular complexity index is 988. The van der Waals surface area contributed by atoms with E-state index in [4.69, 9.17) is 27.9 Å². The van der Waals surface area contributed by atoms with Gasteiger partial charge in [-0.05, 0) is 60.2 Å². The van der Waals surface area contributed by atoms with Gasteiger partial charge in [0.25, 0.3) is 5.91 Å². The fourth-order valence-corrected chi connectivity index (χ4v) is 2.83. The van der Waals surface area contributed by atoms with Crippen molar-refractivity contribution in [2.24, 2.45) is 0 Å². The summed E-state index contributed by atoms with van der Waals surface area (Å²) in [6, 6.07) is 16.9. The third-order valence-electron chi connectivity index (χ3n) is 4.22. The molecule has 0 saturated heterocycles. The van der Waals surface area contributed by atoms with Gasteiger partial charge in [0, 0.05) is 35.9 Å². The highest BCUT2D eigenvalue weighted by Crippen LogP contribution is 2.17. The molecule has 0 saturated carbocycles. The normalized spacial score (nSPS) is 10.4. The maximum absolute atomic E-state index is 12.5. The average Bonchev–Trinajstić information content (AvgIpc) is 2.74. The monoisotopic (exact) mass is 428 g/mol. The van der Waals surface area contributed by atoms with Gasteiger partial charge in [-0.25, -0.2) is 4.98 Å². The van der Waals surface area contributed by atoms with Crippen molar-refractivity contribution in [3.8, 4) is 5.75 Å². The van der Waals surface area contributed by atoms with Gasteiger partial charge in [0.05, 0.1) is 0 Å². The maximum Gasteiger partial charge on any atom is 0.260 e. The molecule has 1 heterocycles. The van der Waals surface area contributed by atoms with Gasteiger partial charge in [0.2, 0.25) is 0 Å². The second-order valence-electron chi connectivity index (χ2n) is 6.39. The lowest BCUT2D eigenvalue weighted by Crippen LogP contribution is -2.31. The average molecular weight is 429 g/mol. The number of carbonyl (C=O) groups is 2. The number of halogens is 2. The first-order valence-corrected chi connectivity index (χ1v) is 9.55. The molecule has 0 N–H and O–H groups in total. The van der Waals surface area contributed by atoms with Gasteiger partial charge >= 0.3 is 0 Å². The minimum Gasteiger partial charge on any atom is -0.484 e. The lowest BCUT2D eigenvalue weighted by molar-refractivity contribution is -0.132. The first-order valence-electron chi connectivity index (χ1n) is 8.80. The zero-order valence-electron chi connectivity index (χ0n) is 15.6. The highest BCUT2D eigenvalue weighted by molar-refractivity contribution is 6.30. The van der Waals surface area contributed by atoms with Crippen molar-refractivity contribution in [1.82, 2.24) is 9.88 Å². The van der Waals surface area contributed by atoms with Crippen molar-refractivity contribution < 1.29 is 14.3 Å². The van der Waals surface area contributed by atoms with Gasteiger partial charge in [-0.1, -0.05) is 29.3 Å². The first-order chi connectivity index (χ1) is 13.9. The lowest BCUT2D eigenvalue weighted by Gasteiger charge is -2.17. The highest BCUT2D eigenvalue weighted by atomic mass is 35.5. The van der Waals surface area contributed by atoms with E-state index in [9.17, 15) is 9.59 Å². The van der Waals surface area contributed by atoms with E-state index in [1.54, 1.807) is 72.7 Å². The van der Waals surface area contributed by atoms with Crippen LogP contribution in [0.25, 0.3) is 0 Å². The second kappa shape index (κ2) is 9.54. The van der Waals surface area contributed by atoms with Crippen molar-refractivity contribution in [2.45, 2.75) is 6.54 Å². The predicted octanol–water partition coefficient (Wildman–Crippen LogP) is 4.66. The number of rotatable bonds is 7. The molecule has 7 heteroatoms. The molecular formula is C22H18Cl2N2O3. The van der Waals surface area contributed by atoms with Crippen LogP contribution in [0, 0.1) is 0 Å². The molecule has 0 spiro atoms. The fraction of sp³-hybridized carbons (Fsp3) is 0.136. The summed E-state index contributed by atoms with van der Waals surface area (Å²) < 4.78 is 5.55. The van der Waals surface area contributed by atoms with Crippen molar-refractivity contribution in [3.63, 3.8) is 0 Å². The van der Waals surface area contributed by atoms with E-state index in [2.05, 4.69) is 4.98 Å². The first kappa shape index (κ1) is 20.8. The molecule has 1 amide bonds. The number of ether oxygens (including phenoxy) is 1. The Morgan fingerprint density at radius 3 is 2.14 bits per heavy atom.